The van der Waals surface area contributed by atoms with Gasteiger partial charge in [0.05, 0.1) is 16.1 Å². The Kier molecular flexibility index (Phi) is 7.79. The number of carbonyl (C=O) groups is 4. The van der Waals surface area contributed by atoms with Crippen molar-refractivity contribution in [2.45, 2.75) is 6.92 Å². The lowest BCUT2D eigenvalue weighted by Crippen LogP contribution is -2.51. The number of aryl methyl sites for hydroxylation is 1. The number of hydrogen-bond acceptors (Lipinski definition) is 6. The number of carbonyl (C=O) groups excluding carboxylic acids is 4. The maximum Gasteiger partial charge on any atom is 0.282 e. The first kappa shape index (κ1) is 27.3. The molecule has 0 saturated carbocycles. The molecule has 188 valence electrons. The molecule has 0 radical (unpaired) electrons. The summed E-state index contributed by atoms with van der Waals surface area (Å²) in [5.74, 6) is -3.04. The summed E-state index contributed by atoms with van der Waals surface area (Å²) in [4.78, 5) is 64.3. The van der Waals surface area contributed by atoms with E-state index in [1.54, 1.807) is 24.3 Å². The molecule has 0 saturated heterocycles. The third kappa shape index (κ3) is 4.92. The summed E-state index contributed by atoms with van der Waals surface area (Å²) in [5, 5.41) is 12.4. The summed E-state index contributed by atoms with van der Waals surface area (Å²) in [6, 6.07) is 11.2. The first-order valence-electron chi connectivity index (χ1n) is 10.3. The Bertz CT molecular complexity index is 1460. The van der Waals surface area contributed by atoms with Gasteiger partial charge in [-0.05, 0) is 82.8 Å². The van der Waals surface area contributed by atoms with Crippen LogP contribution in [0, 0.1) is 17.0 Å². The van der Waals surface area contributed by atoms with E-state index in [0.29, 0.717) is 14.0 Å². The molecule has 3 amide bonds. The number of fused-ring (bicyclic) bond motifs is 1. The highest BCUT2D eigenvalue weighted by Crippen LogP contribution is 2.45. The summed E-state index contributed by atoms with van der Waals surface area (Å²) < 4.78 is 1.49. The first-order chi connectivity index (χ1) is 17.4. The van der Waals surface area contributed by atoms with Crippen LogP contribution >= 0.6 is 63.7 Å². The summed E-state index contributed by atoms with van der Waals surface area (Å²) >= 11 is 13.4. The molecule has 0 bridgehead atoms. The number of halogens is 4. The zero-order valence-electron chi connectivity index (χ0n) is 18.6. The van der Waals surface area contributed by atoms with Gasteiger partial charge in [-0.25, -0.2) is 5.01 Å². The van der Waals surface area contributed by atoms with Crippen LogP contribution in [-0.2, 0) is 0 Å². The lowest BCUT2D eigenvalue weighted by molar-refractivity contribution is -0.384. The third-order valence-electron chi connectivity index (χ3n) is 5.55. The second-order valence-electron chi connectivity index (χ2n) is 7.88. The molecule has 4 rings (SSSR count). The van der Waals surface area contributed by atoms with Crippen LogP contribution in [-0.4, -0.2) is 45.0 Å². The number of rotatable bonds is 6. The van der Waals surface area contributed by atoms with E-state index in [1.807, 2.05) is 6.92 Å². The van der Waals surface area contributed by atoms with Crippen molar-refractivity contribution in [1.29, 1.82) is 0 Å². The number of benzene rings is 3. The number of nitro benzene ring substituents is 1. The minimum absolute atomic E-state index is 0.00349. The second kappa shape index (κ2) is 10.6. The maximum absolute atomic E-state index is 13.6. The van der Waals surface area contributed by atoms with E-state index in [4.69, 9.17) is 0 Å². The van der Waals surface area contributed by atoms with Gasteiger partial charge in [0.1, 0.15) is 6.54 Å². The highest BCUT2D eigenvalue weighted by Gasteiger charge is 2.46. The number of nitro groups is 1. The topological polar surface area (TPSA) is 118 Å². The zero-order chi connectivity index (χ0) is 27.2. The third-order valence-corrected chi connectivity index (χ3v) is 10.3. The number of non-ortho nitro benzene ring substituents is 1. The molecule has 0 atom stereocenters. The van der Waals surface area contributed by atoms with Crippen molar-refractivity contribution >= 4 is 92.9 Å². The molecular weight excluding hydrogens is 746 g/mol. The van der Waals surface area contributed by atoms with Crippen LogP contribution in [0.2, 0.25) is 0 Å². The number of hydrogen-bond donors (Lipinski definition) is 0. The Labute approximate surface area is 243 Å². The molecule has 0 aliphatic carbocycles. The van der Waals surface area contributed by atoms with Gasteiger partial charge in [-0.15, -0.1) is 0 Å². The fourth-order valence-electron chi connectivity index (χ4n) is 3.63. The normalized spacial score (nSPS) is 12.5. The molecule has 0 aromatic heterocycles. The molecule has 0 N–H and O–H groups in total. The van der Waals surface area contributed by atoms with E-state index in [9.17, 15) is 29.3 Å². The van der Waals surface area contributed by atoms with E-state index >= 15 is 0 Å². The average molecular weight is 759 g/mol. The number of ketones is 1. The van der Waals surface area contributed by atoms with E-state index in [1.165, 1.54) is 12.1 Å². The molecule has 0 fully saturated rings. The van der Waals surface area contributed by atoms with Gasteiger partial charge in [0, 0.05) is 41.2 Å². The van der Waals surface area contributed by atoms with Crippen LogP contribution in [0.15, 0.2) is 66.4 Å². The van der Waals surface area contributed by atoms with Crippen molar-refractivity contribution in [2.24, 2.45) is 0 Å². The molecule has 0 unspecified atom stereocenters. The van der Waals surface area contributed by atoms with Gasteiger partial charge >= 0.3 is 0 Å². The van der Waals surface area contributed by atoms with E-state index in [0.717, 1.165) is 22.7 Å². The number of hydrazine groups is 1. The Balaban J connectivity index is 1.81. The van der Waals surface area contributed by atoms with Crippen molar-refractivity contribution in [1.82, 2.24) is 10.0 Å². The zero-order valence-corrected chi connectivity index (χ0v) is 25.0. The van der Waals surface area contributed by atoms with Gasteiger partial charge in [0.15, 0.2) is 5.78 Å². The van der Waals surface area contributed by atoms with Crippen LogP contribution in [0.1, 0.15) is 47.0 Å². The highest BCUT2D eigenvalue weighted by molar-refractivity contribution is 9.15. The Hall–Kier alpha value is -2.74. The van der Waals surface area contributed by atoms with Gasteiger partial charge in [0.25, 0.3) is 23.4 Å². The van der Waals surface area contributed by atoms with E-state index in [2.05, 4.69) is 63.7 Å². The van der Waals surface area contributed by atoms with Gasteiger partial charge in [-0.1, -0.05) is 29.8 Å². The first-order valence-corrected chi connectivity index (χ1v) is 13.5. The van der Waals surface area contributed by atoms with E-state index < -0.39 is 35.0 Å². The average Bonchev–Trinajstić information content (AvgIpc) is 3.14. The smallest absolute Gasteiger partial charge is 0.282 e. The Morgan fingerprint density at radius 3 is 1.73 bits per heavy atom. The lowest BCUT2D eigenvalue weighted by atomic mass is 10.1. The molecule has 1 aliphatic heterocycles. The number of amides is 3. The Morgan fingerprint density at radius 2 is 1.27 bits per heavy atom. The van der Waals surface area contributed by atoms with Gasteiger partial charge in [0.2, 0.25) is 0 Å². The highest BCUT2D eigenvalue weighted by atomic mass is 79.9. The minimum Gasteiger partial charge on any atom is -0.292 e. The van der Waals surface area contributed by atoms with Crippen LogP contribution < -0.4 is 0 Å². The quantitative estimate of drug-likeness (QED) is 0.0709. The predicted octanol–water partition coefficient (Wildman–Crippen LogP) is 6.49. The minimum atomic E-state index is -0.866. The standard InChI is InChI=1S/C24H13Br4N3O6/c1-11-2-4-12(5-3-11)15(32)10-29(22(33)13-6-8-14(9-7-13)31(36)37)30-23(34)16-17(24(30)35)19(26)21(28)20(27)18(16)25/h2-9H,10H2,1H3. The SMILES string of the molecule is Cc1ccc(C(=O)CN(C(=O)c2ccc([N+](=O)[O-])cc2)N2C(=O)c3c(Br)c(Br)c(Br)c(Br)c3C2=O)cc1. The van der Waals surface area contributed by atoms with Crippen LogP contribution in [0.25, 0.3) is 0 Å². The van der Waals surface area contributed by atoms with Crippen LogP contribution in [0.5, 0.6) is 0 Å². The summed E-state index contributed by atoms with van der Waals surface area (Å²) in [6.07, 6.45) is 0. The lowest BCUT2D eigenvalue weighted by Gasteiger charge is -2.29. The molecule has 3 aromatic carbocycles. The van der Waals surface area contributed by atoms with Gasteiger partial charge in [-0.2, -0.15) is 5.01 Å². The molecule has 3 aromatic rings. The van der Waals surface area contributed by atoms with Crippen molar-refractivity contribution < 1.29 is 24.1 Å². The molecule has 9 nitrogen and oxygen atoms in total. The predicted molar refractivity (Wildman–Crippen MR) is 147 cm³/mol. The molecule has 1 aliphatic rings. The Morgan fingerprint density at radius 1 is 0.811 bits per heavy atom. The van der Waals surface area contributed by atoms with Gasteiger partial charge < -0.3 is 0 Å². The number of imide groups is 1. The number of nitrogens with zero attached hydrogens (tertiary/aromatic N) is 3. The maximum atomic E-state index is 13.6. The molecule has 37 heavy (non-hydrogen) atoms. The van der Waals surface area contributed by atoms with Crippen molar-refractivity contribution in [3.63, 3.8) is 0 Å². The largest absolute Gasteiger partial charge is 0.292 e. The summed E-state index contributed by atoms with van der Waals surface area (Å²) in [5.41, 5.74) is 0.882. The van der Waals surface area contributed by atoms with E-state index in [-0.39, 0.29) is 36.9 Å². The van der Waals surface area contributed by atoms with Crippen molar-refractivity contribution in [3.05, 3.63) is 104 Å². The van der Waals surface area contributed by atoms with Gasteiger partial charge in [-0.3, -0.25) is 29.3 Å². The number of Topliss-reactive ketones (excluding diaryl/α,β-unsaturated/α-hetero) is 1. The fourth-order valence-corrected chi connectivity index (χ4v) is 6.09. The summed E-state index contributed by atoms with van der Waals surface area (Å²) in [6.45, 7) is 1.21. The fraction of sp³-hybridized carbons (Fsp3) is 0.0833. The van der Waals surface area contributed by atoms with Crippen LogP contribution in [0.3, 0.4) is 0 Å². The second-order valence-corrected chi connectivity index (χ2v) is 11.1. The molecule has 1 heterocycles. The summed E-state index contributed by atoms with van der Waals surface area (Å²) in [7, 11) is 0. The van der Waals surface area contributed by atoms with Crippen molar-refractivity contribution in [2.75, 3.05) is 6.54 Å². The van der Waals surface area contributed by atoms with Crippen molar-refractivity contribution in [3.8, 4) is 0 Å². The van der Waals surface area contributed by atoms with Crippen LogP contribution in [0.4, 0.5) is 5.69 Å². The molecule has 13 heteroatoms. The monoisotopic (exact) mass is 755 g/mol. The molecule has 0 spiro atoms. The molecular formula is C24H13Br4N3O6.